The van der Waals surface area contributed by atoms with Gasteiger partial charge in [-0.3, -0.25) is 4.90 Å². The lowest BCUT2D eigenvalue weighted by molar-refractivity contribution is 0.240. The minimum atomic E-state index is 0.238. The number of aryl methyl sites for hydroxylation is 1. The summed E-state index contributed by atoms with van der Waals surface area (Å²) < 4.78 is 5.74. The van der Waals surface area contributed by atoms with Crippen LogP contribution in [0.5, 0.6) is 5.75 Å². The van der Waals surface area contributed by atoms with Gasteiger partial charge in [-0.05, 0) is 51.1 Å². The van der Waals surface area contributed by atoms with E-state index in [-0.39, 0.29) is 6.10 Å². The van der Waals surface area contributed by atoms with Crippen LogP contribution in [-0.2, 0) is 6.54 Å². The summed E-state index contributed by atoms with van der Waals surface area (Å²) in [6.07, 6.45) is 0.238. The lowest BCUT2D eigenvalue weighted by atomic mass is 10.1. The zero-order valence-corrected chi connectivity index (χ0v) is 11.8. The van der Waals surface area contributed by atoms with Crippen LogP contribution in [-0.4, -0.2) is 24.1 Å². The second-order valence-corrected chi connectivity index (χ2v) is 4.73. The molecule has 0 N–H and O–H groups in total. The van der Waals surface area contributed by atoms with Crippen molar-refractivity contribution < 1.29 is 4.74 Å². The predicted octanol–water partition coefficient (Wildman–Crippen LogP) is 3.62. The first kappa shape index (κ1) is 14.0. The van der Waals surface area contributed by atoms with Crippen molar-refractivity contribution >= 4 is 0 Å². The van der Waals surface area contributed by atoms with Gasteiger partial charge in [0.1, 0.15) is 5.75 Å². The molecule has 1 rings (SSSR count). The largest absolute Gasteiger partial charge is 0.491 e. The highest BCUT2D eigenvalue weighted by Gasteiger charge is 2.05. The Morgan fingerprint density at radius 1 is 1.18 bits per heavy atom. The molecular formula is C15H25NO. The van der Waals surface area contributed by atoms with E-state index in [0.29, 0.717) is 0 Å². The monoisotopic (exact) mass is 235 g/mol. The van der Waals surface area contributed by atoms with E-state index in [4.69, 9.17) is 4.74 Å². The maximum Gasteiger partial charge on any atom is 0.122 e. The summed E-state index contributed by atoms with van der Waals surface area (Å²) in [6, 6.07) is 6.49. The number of benzene rings is 1. The van der Waals surface area contributed by atoms with E-state index < -0.39 is 0 Å². The predicted molar refractivity (Wildman–Crippen MR) is 73.6 cm³/mol. The molecule has 0 saturated heterocycles. The first-order chi connectivity index (χ1) is 8.06. The van der Waals surface area contributed by atoms with Crippen molar-refractivity contribution in [3.63, 3.8) is 0 Å². The third-order valence-electron chi connectivity index (χ3n) is 2.90. The van der Waals surface area contributed by atoms with Gasteiger partial charge in [0.25, 0.3) is 0 Å². The molecule has 0 heterocycles. The molecule has 0 spiro atoms. The Labute approximate surface area is 106 Å². The quantitative estimate of drug-likeness (QED) is 0.746. The average molecular weight is 235 g/mol. The highest BCUT2D eigenvalue weighted by molar-refractivity contribution is 5.36. The molecule has 0 unspecified atom stereocenters. The first-order valence-electron chi connectivity index (χ1n) is 6.55. The third kappa shape index (κ3) is 4.39. The van der Waals surface area contributed by atoms with Crippen LogP contribution < -0.4 is 4.74 Å². The molecule has 17 heavy (non-hydrogen) atoms. The van der Waals surface area contributed by atoms with Crippen LogP contribution in [0.4, 0.5) is 0 Å². The van der Waals surface area contributed by atoms with Crippen molar-refractivity contribution in [1.82, 2.24) is 4.90 Å². The minimum absolute atomic E-state index is 0.238. The standard InChI is InChI=1S/C15H25NO/c1-6-16(7-2)11-14-8-9-15(13(5)10-14)17-12(3)4/h8-10,12H,6-7,11H2,1-5H3. The number of ether oxygens (including phenoxy) is 1. The lowest BCUT2D eigenvalue weighted by Gasteiger charge is -2.19. The molecule has 0 aliphatic carbocycles. The Balaban J connectivity index is 2.74. The Morgan fingerprint density at radius 2 is 1.82 bits per heavy atom. The van der Waals surface area contributed by atoms with E-state index in [1.54, 1.807) is 0 Å². The van der Waals surface area contributed by atoms with Gasteiger partial charge in [0.15, 0.2) is 0 Å². The van der Waals surface area contributed by atoms with Crippen LogP contribution in [0.3, 0.4) is 0 Å². The second kappa shape index (κ2) is 6.65. The first-order valence-corrected chi connectivity index (χ1v) is 6.55. The lowest BCUT2D eigenvalue weighted by Crippen LogP contribution is -2.22. The van der Waals surface area contributed by atoms with Crippen molar-refractivity contribution in [2.45, 2.75) is 47.3 Å². The smallest absolute Gasteiger partial charge is 0.122 e. The second-order valence-electron chi connectivity index (χ2n) is 4.73. The summed E-state index contributed by atoms with van der Waals surface area (Å²) in [7, 11) is 0. The Bertz CT molecular complexity index is 343. The maximum absolute atomic E-state index is 5.74. The van der Waals surface area contributed by atoms with Crippen LogP contribution in [0, 0.1) is 6.92 Å². The summed E-state index contributed by atoms with van der Waals surface area (Å²) in [5, 5.41) is 0. The molecule has 0 amide bonds. The highest BCUT2D eigenvalue weighted by Crippen LogP contribution is 2.21. The zero-order valence-electron chi connectivity index (χ0n) is 11.8. The highest BCUT2D eigenvalue weighted by atomic mass is 16.5. The van der Waals surface area contributed by atoms with Crippen LogP contribution >= 0.6 is 0 Å². The third-order valence-corrected chi connectivity index (χ3v) is 2.90. The Morgan fingerprint density at radius 3 is 2.29 bits per heavy atom. The van der Waals surface area contributed by atoms with Gasteiger partial charge in [-0.15, -0.1) is 0 Å². The van der Waals surface area contributed by atoms with Crippen LogP contribution in [0.2, 0.25) is 0 Å². The fourth-order valence-electron chi connectivity index (χ4n) is 1.90. The summed E-state index contributed by atoms with van der Waals surface area (Å²) in [5.74, 6) is 1.00. The fourth-order valence-corrected chi connectivity index (χ4v) is 1.90. The molecule has 0 radical (unpaired) electrons. The maximum atomic E-state index is 5.74. The summed E-state index contributed by atoms with van der Waals surface area (Å²) in [4.78, 5) is 2.41. The van der Waals surface area contributed by atoms with Gasteiger partial charge in [-0.25, -0.2) is 0 Å². The SMILES string of the molecule is CCN(CC)Cc1ccc(OC(C)C)c(C)c1. The summed E-state index contributed by atoms with van der Waals surface area (Å²) in [6.45, 7) is 13.9. The van der Waals surface area contributed by atoms with Crippen LogP contribution in [0.15, 0.2) is 18.2 Å². The van der Waals surface area contributed by atoms with E-state index in [1.165, 1.54) is 11.1 Å². The minimum Gasteiger partial charge on any atom is -0.491 e. The fraction of sp³-hybridized carbons (Fsp3) is 0.600. The summed E-state index contributed by atoms with van der Waals surface area (Å²) >= 11 is 0. The molecule has 2 nitrogen and oxygen atoms in total. The van der Waals surface area contributed by atoms with Crippen molar-refractivity contribution in [1.29, 1.82) is 0 Å². The number of nitrogens with zero attached hydrogens (tertiary/aromatic N) is 1. The van der Waals surface area contributed by atoms with E-state index in [0.717, 1.165) is 25.4 Å². The zero-order chi connectivity index (χ0) is 12.8. The van der Waals surface area contributed by atoms with E-state index in [1.807, 2.05) is 0 Å². The van der Waals surface area contributed by atoms with Gasteiger partial charge in [0, 0.05) is 6.54 Å². The average Bonchev–Trinajstić information content (AvgIpc) is 2.29. The molecule has 0 aliphatic rings. The van der Waals surface area contributed by atoms with Gasteiger partial charge < -0.3 is 4.74 Å². The molecule has 1 aromatic rings. The molecule has 0 aromatic heterocycles. The van der Waals surface area contributed by atoms with Gasteiger partial charge >= 0.3 is 0 Å². The molecule has 2 heteroatoms. The van der Waals surface area contributed by atoms with Crippen molar-refractivity contribution in [3.05, 3.63) is 29.3 Å². The van der Waals surface area contributed by atoms with Gasteiger partial charge in [-0.1, -0.05) is 26.0 Å². The Hall–Kier alpha value is -1.02. The molecule has 0 bridgehead atoms. The molecule has 96 valence electrons. The number of rotatable bonds is 6. The van der Waals surface area contributed by atoms with Crippen molar-refractivity contribution in [2.75, 3.05) is 13.1 Å². The van der Waals surface area contributed by atoms with Crippen LogP contribution in [0.25, 0.3) is 0 Å². The summed E-state index contributed by atoms with van der Waals surface area (Å²) in [5.41, 5.74) is 2.59. The molecule has 0 saturated carbocycles. The molecular weight excluding hydrogens is 210 g/mol. The Kier molecular flexibility index (Phi) is 5.49. The van der Waals surface area contributed by atoms with Crippen molar-refractivity contribution in [3.8, 4) is 5.75 Å². The van der Waals surface area contributed by atoms with E-state index in [2.05, 4.69) is 57.7 Å². The van der Waals surface area contributed by atoms with Crippen LogP contribution in [0.1, 0.15) is 38.8 Å². The molecule has 0 atom stereocenters. The van der Waals surface area contributed by atoms with E-state index in [9.17, 15) is 0 Å². The molecule has 0 aliphatic heterocycles. The van der Waals surface area contributed by atoms with Gasteiger partial charge in [0.05, 0.1) is 6.10 Å². The van der Waals surface area contributed by atoms with Crippen molar-refractivity contribution in [2.24, 2.45) is 0 Å². The number of hydrogen-bond acceptors (Lipinski definition) is 2. The van der Waals surface area contributed by atoms with Gasteiger partial charge in [-0.2, -0.15) is 0 Å². The molecule has 0 fully saturated rings. The molecule has 1 aromatic carbocycles. The van der Waals surface area contributed by atoms with E-state index >= 15 is 0 Å². The number of hydrogen-bond donors (Lipinski definition) is 0. The topological polar surface area (TPSA) is 12.5 Å². The normalized spacial score (nSPS) is 11.2. The van der Waals surface area contributed by atoms with Gasteiger partial charge in [0.2, 0.25) is 0 Å².